The van der Waals surface area contributed by atoms with E-state index in [9.17, 15) is 4.39 Å². The first kappa shape index (κ1) is 12.4. The smallest absolute Gasteiger partial charge is 0.228 e. The molecule has 2 rings (SSSR count). The van der Waals surface area contributed by atoms with Crippen LogP contribution in [0.3, 0.4) is 0 Å². The van der Waals surface area contributed by atoms with Gasteiger partial charge in [0.1, 0.15) is 6.33 Å². The molecule has 0 bridgehead atoms. The average Bonchev–Trinajstić information content (AvgIpc) is 2.77. The second-order valence-corrected chi connectivity index (χ2v) is 3.75. The quantitative estimate of drug-likeness (QED) is 0.868. The van der Waals surface area contributed by atoms with Crippen molar-refractivity contribution in [1.82, 2.24) is 20.1 Å². The molecule has 18 heavy (non-hydrogen) atoms. The fourth-order valence-electron chi connectivity index (χ4n) is 1.51. The Morgan fingerprint density at radius 3 is 2.89 bits per heavy atom. The van der Waals surface area contributed by atoms with E-state index in [1.165, 1.54) is 6.33 Å². The van der Waals surface area contributed by atoms with Gasteiger partial charge in [-0.05, 0) is 13.3 Å². The summed E-state index contributed by atoms with van der Waals surface area (Å²) in [6.07, 6.45) is 2.40. The van der Waals surface area contributed by atoms with Crippen molar-refractivity contribution >= 4 is 5.82 Å². The van der Waals surface area contributed by atoms with E-state index in [0.29, 0.717) is 36.8 Å². The minimum atomic E-state index is -0.401. The van der Waals surface area contributed by atoms with Crippen LogP contribution in [0.15, 0.2) is 10.9 Å². The van der Waals surface area contributed by atoms with Crippen LogP contribution in [-0.4, -0.2) is 26.7 Å². The van der Waals surface area contributed by atoms with Crippen LogP contribution in [0.1, 0.15) is 24.3 Å². The first-order chi connectivity index (χ1) is 8.70. The molecule has 0 spiro atoms. The third kappa shape index (κ3) is 2.79. The van der Waals surface area contributed by atoms with Crippen LogP contribution in [0, 0.1) is 12.7 Å². The van der Waals surface area contributed by atoms with Crippen LogP contribution in [0.2, 0.25) is 0 Å². The molecule has 6 nitrogen and oxygen atoms in total. The Bertz CT molecular complexity index is 528. The van der Waals surface area contributed by atoms with Crippen molar-refractivity contribution in [1.29, 1.82) is 0 Å². The fraction of sp³-hybridized carbons (Fsp3) is 0.455. The number of anilines is 1. The molecular formula is C11H14FN5O. The van der Waals surface area contributed by atoms with Crippen molar-refractivity contribution in [2.45, 2.75) is 26.7 Å². The highest BCUT2D eigenvalue weighted by atomic mass is 19.1. The maximum atomic E-state index is 13.8. The minimum absolute atomic E-state index is 0.207. The Morgan fingerprint density at radius 2 is 2.22 bits per heavy atom. The summed E-state index contributed by atoms with van der Waals surface area (Å²) in [6, 6.07) is 0. The summed E-state index contributed by atoms with van der Waals surface area (Å²) in [6.45, 7) is 4.06. The number of hydrogen-bond acceptors (Lipinski definition) is 6. The third-order valence-corrected chi connectivity index (χ3v) is 2.40. The molecule has 2 heterocycles. The number of nitrogens with zero attached hydrogens (tertiary/aromatic N) is 4. The van der Waals surface area contributed by atoms with E-state index in [0.717, 1.165) is 0 Å². The molecule has 0 aliphatic carbocycles. The molecule has 96 valence electrons. The van der Waals surface area contributed by atoms with Gasteiger partial charge in [-0.3, -0.25) is 0 Å². The predicted octanol–water partition coefficient (Wildman–Crippen LogP) is 1.52. The zero-order chi connectivity index (χ0) is 13.0. The van der Waals surface area contributed by atoms with E-state index < -0.39 is 5.82 Å². The second-order valence-electron chi connectivity index (χ2n) is 3.75. The monoisotopic (exact) mass is 251 g/mol. The molecule has 0 aromatic carbocycles. The zero-order valence-corrected chi connectivity index (χ0v) is 10.3. The van der Waals surface area contributed by atoms with Crippen molar-refractivity contribution in [2.75, 3.05) is 11.9 Å². The SMILES string of the molecule is CCc1ncnc(NCCc2nc(C)no2)c1F. The second kappa shape index (κ2) is 5.52. The predicted molar refractivity (Wildman–Crippen MR) is 62.6 cm³/mol. The van der Waals surface area contributed by atoms with Gasteiger partial charge in [-0.2, -0.15) is 4.98 Å². The van der Waals surface area contributed by atoms with Crippen LogP contribution in [-0.2, 0) is 12.8 Å². The van der Waals surface area contributed by atoms with Gasteiger partial charge in [0, 0.05) is 13.0 Å². The largest absolute Gasteiger partial charge is 0.367 e. The number of hydrogen-bond donors (Lipinski definition) is 1. The van der Waals surface area contributed by atoms with Crippen LogP contribution < -0.4 is 5.32 Å². The molecule has 1 N–H and O–H groups in total. The zero-order valence-electron chi connectivity index (χ0n) is 10.3. The number of rotatable bonds is 5. The third-order valence-electron chi connectivity index (χ3n) is 2.40. The molecule has 0 atom stereocenters. The molecule has 7 heteroatoms. The lowest BCUT2D eigenvalue weighted by molar-refractivity contribution is 0.377. The van der Waals surface area contributed by atoms with Crippen molar-refractivity contribution in [3.05, 3.63) is 29.6 Å². The highest BCUT2D eigenvalue weighted by Crippen LogP contribution is 2.13. The highest BCUT2D eigenvalue weighted by Gasteiger charge is 2.09. The van der Waals surface area contributed by atoms with Crippen LogP contribution in [0.25, 0.3) is 0 Å². The summed E-state index contributed by atoms with van der Waals surface area (Å²) in [7, 11) is 0. The van der Waals surface area contributed by atoms with E-state index in [1.54, 1.807) is 6.92 Å². The summed E-state index contributed by atoms with van der Waals surface area (Å²) in [4.78, 5) is 11.8. The molecule has 2 aromatic heterocycles. The molecule has 0 aliphatic heterocycles. The number of halogens is 1. The molecule has 0 aliphatic rings. The van der Waals surface area contributed by atoms with Gasteiger partial charge in [0.2, 0.25) is 5.89 Å². The van der Waals surface area contributed by atoms with E-state index in [4.69, 9.17) is 4.52 Å². The fourth-order valence-corrected chi connectivity index (χ4v) is 1.51. The van der Waals surface area contributed by atoms with Gasteiger partial charge in [-0.15, -0.1) is 0 Å². The van der Waals surface area contributed by atoms with Crippen molar-refractivity contribution in [2.24, 2.45) is 0 Å². The molecule has 0 saturated heterocycles. The van der Waals surface area contributed by atoms with Gasteiger partial charge in [0.05, 0.1) is 5.69 Å². The standard InChI is InChI=1S/C11H14FN5O/c1-3-8-10(12)11(15-6-14-8)13-5-4-9-16-7(2)17-18-9/h6H,3-5H2,1-2H3,(H,13,14,15). The summed E-state index contributed by atoms with van der Waals surface area (Å²) in [5.74, 6) is 0.913. The van der Waals surface area contributed by atoms with Crippen LogP contribution >= 0.6 is 0 Å². The van der Waals surface area contributed by atoms with Gasteiger partial charge in [-0.1, -0.05) is 12.1 Å². The normalized spacial score (nSPS) is 10.6. The molecule has 2 aromatic rings. The van der Waals surface area contributed by atoms with Crippen molar-refractivity contribution in [3.63, 3.8) is 0 Å². The summed E-state index contributed by atoms with van der Waals surface area (Å²) >= 11 is 0. The Labute approximate surface area is 104 Å². The number of aryl methyl sites for hydroxylation is 2. The summed E-state index contributed by atoms with van der Waals surface area (Å²) in [5, 5.41) is 6.57. The van der Waals surface area contributed by atoms with E-state index in [2.05, 4.69) is 25.4 Å². The van der Waals surface area contributed by atoms with Gasteiger partial charge < -0.3 is 9.84 Å². The summed E-state index contributed by atoms with van der Waals surface area (Å²) < 4.78 is 18.7. The van der Waals surface area contributed by atoms with Crippen molar-refractivity contribution in [3.8, 4) is 0 Å². The lowest BCUT2D eigenvalue weighted by atomic mass is 10.3. The van der Waals surface area contributed by atoms with Gasteiger partial charge >= 0.3 is 0 Å². The minimum Gasteiger partial charge on any atom is -0.367 e. The molecule has 0 amide bonds. The average molecular weight is 251 g/mol. The van der Waals surface area contributed by atoms with Gasteiger partial charge in [-0.25, -0.2) is 14.4 Å². The number of aromatic nitrogens is 4. The first-order valence-electron chi connectivity index (χ1n) is 5.73. The van der Waals surface area contributed by atoms with Gasteiger partial charge in [0.15, 0.2) is 17.5 Å². The lowest BCUT2D eigenvalue weighted by Gasteiger charge is -2.06. The maximum absolute atomic E-state index is 13.8. The van der Waals surface area contributed by atoms with E-state index in [1.807, 2.05) is 6.92 Å². The van der Waals surface area contributed by atoms with Crippen molar-refractivity contribution < 1.29 is 8.91 Å². The lowest BCUT2D eigenvalue weighted by Crippen LogP contribution is -2.10. The van der Waals surface area contributed by atoms with E-state index >= 15 is 0 Å². The Kier molecular flexibility index (Phi) is 3.81. The topological polar surface area (TPSA) is 76.7 Å². The summed E-state index contributed by atoms with van der Waals surface area (Å²) in [5.41, 5.74) is 0.404. The van der Waals surface area contributed by atoms with Crippen LogP contribution in [0.4, 0.5) is 10.2 Å². The Balaban J connectivity index is 1.94. The maximum Gasteiger partial charge on any atom is 0.228 e. The number of nitrogens with one attached hydrogen (secondary N) is 1. The Morgan fingerprint density at radius 1 is 1.39 bits per heavy atom. The molecular weight excluding hydrogens is 237 g/mol. The van der Waals surface area contributed by atoms with E-state index in [-0.39, 0.29) is 5.82 Å². The van der Waals surface area contributed by atoms with Gasteiger partial charge in [0.25, 0.3) is 0 Å². The molecule has 0 radical (unpaired) electrons. The molecule has 0 fully saturated rings. The highest BCUT2D eigenvalue weighted by molar-refractivity contribution is 5.37. The molecule has 0 unspecified atom stereocenters. The van der Waals surface area contributed by atoms with Crippen LogP contribution in [0.5, 0.6) is 0 Å². The first-order valence-corrected chi connectivity index (χ1v) is 5.73. The Hall–Kier alpha value is -2.05. The molecule has 0 saturated carbocycles.